The van der Waals surface area contributed by atoms with Gasteiger partial charge in [-0.3, -0.25) is 14.2 Å². The summed E-state index contributed by atoms with van der Waals surface area (Å²) in [5.74, 6) is -0.210. The van der Waals surface area contributed by atoms with Crippen molar-refractivity contribution in [1.82, 2.24) is 14.9 Å². The highest BCUT2D eigenvalue weighted by Gasteiger charge is 2.16. The van der Waals surface area contributed by atoms with Crippen LogP contribution in [0.2, 0.25) is 0 Å². The molecule has 0 fully saturated rings. The van der Waals surface area contributed by atoms with E-state index in [0.717, 1.165) is 31.7 Å². The number of pyridine rings is 1. The number of carbonyl (C=O) groups excluding carboxylic acids is 1. The first-order valence-electron chi connectivity index (χ1n) is 8.77. The summed E-state index contributed by atoms with van der Waals surface area (Å²) in [5, 5.41) is 4.79. The number of benzene rings is 2. The summed E-state index contributed by atoms with van der Waals surface area (Å²) in [6, 6.07) is 16.9. The third-order valence-electron chi connectivity index (χ3n) is 4.59. The van der Waals surface area contributed by atoms with Crippen LogP contribution in [0.15, 0.2) is 59.4 Å². The second kappa shape index (κ2) is 6.96. The minimum Gasteiger partial charge on any atom is -0.346 e. The summed E-state index contributed by atoms with van der Waals surface area (Å²) in [7, 11) is 0. The maximum atomic E-state index is 12.6. The summed E-state index contributed by atoms with van der Waals surface area (Å²) >= 11 is 1.57. The molecule has 6 heteroatoms. The fraction of sp³-hybridized carbons (Fsp3) is 0.190. The number of nitrogens with zero attached hydrogens (tertiary/aromatic N) is 2. The van der Waals surface area contributed by atoms with Gasteiger partial charge >= 0.3 is 0 Å². The van der Waals surface area contributed by atoms with Crippen LogP contribution < -0.4 is 10.9 Å². The number of thiazole rings is 1. The number of aromatic nitrogens is 2. The lowest BCUT2D eigenvalue weighted by molar-refractivity contribution is -0.122. The zero-order valence-electron chi connectivity index (χ0n) is 15.1. The lowest BCUT2D eigenvalue weighted by atomic mass is 10.1. The number of amides is 1. The largest absolute Gasteiger partial charge is 0.346 e. The quantitative estimate of drug-likeness (QED) is 0.588. The summed E-state index contributed by atoms with van der Waals surface area (Å²) < 4.78 is 2.61. The molecule has 1 atom stereocenters. The maximum Gasteiger partial charge on any atom is 0.251 e. The normalized spacial score (nSPS) is 12.4. The van der Waals surface area contributed by atoms with Crippen LogP contribution in [0.3, 0.4) is 0 Å². The van der Waals surface area contributed by atoms with E-state index in [1.165, 1.54) is 4.57 Å². The molecule has 5 nitrogen and oxygen atoms in total. The van der Waals surface area contributed by atoms with Gasteiger partial charge in [-0.15, -0.1) is 11.3 Å². The molecule has 2 aromatic carbocycles. The Morgan fingerprint density at radius 3 is 2.74 bits per heavy atom. The van der Waals surface area contributed by atoms with Crippen molar-refractivity contribution in [2.24, 2.45) is 0 Å². The number of fused-ring (bicyclic) bond motifs is 2. The number of carbonyl (C=O) groups is 1. The number of para-hydroxylation sites is 2. The number of hydrogen-bond acceptors (Lipinski definition) is 4. The molecule has 0 aliphatic rings. The summed E-state index contributed by atoms with van der Waals surface area (Å²) in [4.78, 5) is 29.6. The first-order chi connectivity index (χ1) is 13.0. The fourth-order valence-corrected chi connectivity index (χ4v) is 4.20. The van der Waals surface area contributed by atoms with Crippen LogP contribution in [0.1, 0.15) is 23.5 Å². The molecule has 27 heavy (non-hydrogen) atoms. The van der Waals surface area contributed by atoms with E-state index in [1.807, 2.05) is 62.4 Å². The van der Waals surface area contributed by atoms with Gasteiger partial charge in [0, 0.05) is 11.5 Å². The highest BCUT2D eigenvalue weighted by molar-refractivity contribution is 7.18. The minimum absolute atomic E-state index is 0.0190. The van der Waals surface area contributed by atoms with Gasteiger partial charge in [-0.1, -0.05) is 30.3 Å². The van der Waals surface area contributed by atoms with Gasteiger partial charge in [0.05, 0.1) is 21.8 Å². The second-order valence-electron chi connectivity index (χ2n) is 6.58. The first kappa shape index (κ1) is 17.4. The monoisotopic (exact) mass is 377 g/mol. The lowest BCUT2D eigenvalue weighted by Crippen LogP contribution is -2.34. The molecule has 1 amide bonds. The van der Waals surface area contributed by atoms with Gasteiger partial charge in [-0.2, -0.15) is 0 Å². The standard InChI is InChI=1S/C21H19N3O2S/c1-13-11-20(26)24(17-9-5-3-7-15(13)17)12-19(25)22-14(2)21-23-16-8-4-6-10-18(16)27-21/h3-11,14H,12H2,1-2H3,(H,22,25). The molecule has 0 bridgehead atoms. The zero-order valence-corrected chi connectivity index (χ0v) is 15.9. The Kier molecular flexibility index (Phi) is 4.49. The Labute approximate surface area is 160 Å². The predicted molar refractivity (Wildman–Crippen MR) is 109 cm³/mol. The highest BCUT2D eigenvalue weighted by Crippen LogP contribution is 2.26. The Balaban J connectivity index is 1.58. The molecule has 136 valence electrons. The molecule has 4 rings (SSSR count). The van der Waals surface area contributed by atoms with E-state index in [4.69, 9.17) is 0 Å². The molecule has 0 saturated carbocycles. The second-order valence-corrected chi connectivity index (χ2v) is 7.64. The van der Waals surface area contributed by atoms with E-state index >= 15 is 0 Å². The average molecular weight is 377 g/mol. The van der Waals surface area contributed by atoms with Crippen molar-refractivity contribution in [3.05, 3.63) is 75.5 Å². The van der Waals surface area contributed by atoms with Crippen LogP contribution in [-0.2, 0) is 11.3 Å². The molecule has 1 N–H and O–H groups in total. The van der Waals surface area contributed by atoms with Gasteiger partial charge in [0.25, 0.3) is 5.56 Å². The van der Waals surface area contributed by atoms with Crippen LogP contribution in [0.5, 0.6) is 0 Å². The molecule has 2 aromatic heterocycles. The minimum atomic E-state index is -0.220. The van der Waals surface area contributed by atoms with Crippen LogP contribution >= 0.6 is 11.3 Å². The SMILES string of the molecule is Cc1cc(=O)n(CC(=O)NC(C)c2nc3ccccc3s2)c2ccccc12. The first-order valence-corrected chi connectivity index (χ1v) is 9.58. The number of rotatable bonds is 4. The molecule has 4 aromatic rings. The molecular formula is C21H19N3O2S. The van der Waals surface area contributed by atoms with Gasteiger partial charge in [0.1, 0.15) is 11.6 Å². The Hall–Kier alpha value is -2.99. The zero-order chi connectivity index (χ0) is 19.0. The van der Waals surface area contributed by atoms with Crippen molar-refractivity contribution in [1.29, 1.82) is 0 Å². The molecule has 0 aliphatic heterocycles. The molecule has 1 unspecified atom stereocenters. The van der Waals surface area contributed by atoms with Gasteiger partial charge in [0.2, 0.25) is 5.91 Å². The van der Waals surface area contributed by atoms with Crippen LogP contribution in [-0.4, -0.2) is 15.5 Å². The van der Waals surface area contributed by atoms with Crippen molar-refractivity contribution >= 4 is 38.4 Å². The van der Waals surface area contributed by atoms with Gasteiger partial charge in [0.15, 0.2) is 0 Å². The number of nitrogens with one attached hydrogen (secondary N) is 1. The van der Waals surface area contributed by atoms with Gasteiger partial charge < -0.3 is 5.32 Å². The molecule has 0 saturated heterocycles. The number of aryl methyl sites for hydroxylation is 1. The van der Waals surface area contributed by atoms with E-state index < -0.39 is 0 Å². The van der Waals surface area contributed by atoms with Crippen molar-refractivity contribution in [2.75, 3.05) is 0 Å². The van der Waals surface area contributed by atoms with E-state index in [9.17, 15) is 9.59 Å². The third kappa shape index (κ3) is 3.36. The van der Waals surface area contributed by atoms with Crippen LogP contribution in [0.25, 0.3) is 21.1 Å². The van der Waals surface area contributed by atoms with Crippen molar-refractivity contribution in [3.8, 4) is 0 Å². The van der Waals surface area contributed by atoms with Crippen molar-refractivity contribution < 1.29 is 4.79 Å². The smallest absolute Gasteiger partial charge is 0.251 e. The molecule has 2 heterocycles. The van der Waals surface area contributed by atoms with E-state index in [0.29, 0.717) is 0 Å². The average Bonchev–Trinajstić information content (AvgIpc) is 3.09. The van der Waals surface area contributed by atoms with Crippen molar-refractivity contribution in [2.45, 2.75) is 26.4 Å². The van der Waals surface area contributed by atoms with Crippen LogP contribution in [0.4, 0.5) is 0 Å². The molecule has 0 radical (unpaired) electrons. The maximum absolute atomic E-state index is 12.6. The predicted octanol–water partition coefficient (Wildman–Crippen LogP) is 3.80. The van der Waals surface area contributed by atoms with E-state index in [2.05, 4.69) is 10.3 Å². The third-order valence-corrected chi connectivity index (χ3v) is 5.80. The van der Waals surface area contributed by atoms with Gasteiger partial charge in [-0.05, 0) is 37.6 Å². The summed E-state index contributed by atoms with van der Waals surface area (Å²) in [5.41, 5.74) is 2.44. The molecule has 0 aliphatic carbocycles. The van der Waals surface area contributed by atoms with E-state index in [-0.39, 0.29) is 24.1 Å². The van der Waals surface area contributed by atoms with Crippen LogP contribution in [0, 0.1) is 6.92 Å². The summed E-state index contributed by atoms with van der Waals surface area (Å²) in [6.45, 7) is 3.80. The van der Waals surface area contributed by atoms with E-state index in [1.54, 1.807) is 17.4 Å². The number of hydrogen-bond donors (Lipinski definition) is 1. The van der Waals surface area contributed by atoms with Gasteiger partial charge in [-0.25, -0.2) is 4.98 Å². The fourth-order valence-electron chi connectivity index (χ4n) is 3.23. The molecule has 0 spiro atoms. The topological polar surface area (TPSA) is 64.0 Å². The Morgan fingerprint density at radius 2 is 1.93 bits per heavy atom. The molecular weight excluding hydrogens is 358 g/mol. The highest BCUT2D eigenvalue weighted by atomic mass is 32.1. The Bertz CT molecular complexity index is 1180. The lowest BCUT2D eigenvalue weighted by Gasteiger charge is -2.14. The Morgan fingerprint density at radius 1 is 1.19 bits per heavy atom. The van der Waals surface area contributed by atoms with Crippen molar-refractivity contribution in [3.63, 3.8) is 0 Å². The summed E-state index contributed by atoms with van der Waals surface area (Å²) in [6.07, 6.45) is 0.